The number of halogens is 5. The maximum atomic E-state index is 13.8. The van der Waals surface area contributed by atoms with E-state index >= 15 is 0 Å². The van der Waals surface area contributed by atoms with E-state index in [9.17, 15) is 27.6 Å². The number of hydrogen-bond acceptors (Lipinski definition) is 5. The van der Waals surface area contributed by atoms with Gasteiger partial charge >= 0.3 is 12.2 Å². The van der Waals surface area contributed by atoms with Crippen LogP contribution in [0.2, 0.25) is 10.0 Å². The number of benzene rings is 2. The highest BCUT2D eigenvalue weighted by atomic mass is 35.5. The SMILES string of the molecule is CCn1nc(-c2cccc(-c3cc(C(=O)NC4CC4)cc(C(F)(F)F)c3)c2)cc(NC(=O)Nc2c(Cl)cncc2Cl)c1=O. The fourth-order valence-corrected chi connectivity index (χ4v) is 4.69. The maximum absolute atomic E-state index is 13.8. The van der Waals surface area contributed by atoms with Crippen molar-refractivity contribution in [3.8, 4) is 22.4 Å². The lowest BCUT2D eigenvalue weighted by Gasteiger charge is -2.14. The number of amides is 3. The van der Waals surface area contributed by atoms with Gasteiger partial charge in [-0.25, -0.2) is 9.48 Å². The average molecular weight is 631 g/mol. The minimum atomic E-state index is -4.67. The first kappa shape index (κ1) is 30.1. The summed E-state index contributed by atoms with van der Waals surface area (Å²) in [4.78, 5) is 42.2. The quantitative estimate of drug-likeness (QED) is 0.206. The average Bonchev–Trinajstić information content (AvgIpc) is 3.79. The number of aromatic nitrogens is 3. The number of pyridine rings is 1. The number of alkyl halides is 3. The fraction of sp³-hybridized carbons (Fsp3) is 0.207. The Bertz CT molecular complexity index is 1770. The summed E-state index contributed by atoms with van der Waals surface area (Å²) < 4.78 is 42.4. The zero-order chi connectivity index (χ0) is 30.9. The van der Waals surface area contributed by atoms with Crippen molar-refractivity contribution in [2.75, 3.05) is 10.6 Å². The molecular formula is C29H23Cl2F3N6O3. The van der Waals surface area contributed by atoms with E-state index in [0.29, 0.717) is 11.1 Å². The summed E-state index contributed by atoms with van der Waals surface area (Å²) in [5.74, 6) is -0.578. The Labute approximate surface area is 253 Å². The Kier molecular flexibility index (Phi) is 8.43. The molecule has 0 unspecified atom stereocenters. The smallest absolute Gasteiger partial charge is 0.349 e. The van der Waals surface area contributed by atoms with Gasteiger partial charge in [0.2, 0.25) is 0 Å². The first-order valence-electron chi connectivity index (χ1n) is 13.1. The number of nitrogens with one attached hydrogen (secondary N) is 3. The normalized spacial score (nSPS) is 13.0. The molecule has 0 atom stereocenters. The zero-order valence-electron chi connectivity index (χ0n) is 22.4. The molecule has 9 nitrogen and oxygen atoms in total. The molecule has 0 spiro atoms. The Morgan fingerprint density at radius 1 is 0.977 bits per heavy atom. The minimum absolute atomic E-state index is 0.0299. The molecule has 0 saturated heterocycles. The molecule has 1 aliphatic rings. The lowest BCUT2D eigenvalue weighted by Crippen LogP contribution is -2.29. The van der Waals surface area contributed by atoms with Crippen molar-refractivity contribution >= 4 is 46.5 Å². The first-order chi connectivity index (χ1) is 20.4. The number of urea groups is 1. The molecule has 222 valence electrons. The summed E-state index contributed by atoms with van der Waals surface area (Å²) in [6.07, 6.45) is -0.520. The van der Waals surface area contributed by atoms with Crippen LogP contribution in [0.5, 0.6) is 0 Å². The maximum Gasteiger partial charge on any atom is 0.416 e. The Morgan fingerprint density at radius 2 is 1.67 bits per heavy atom. The molecule has 1 fully saturated rings. The lowest BCUT2D eigenvalue weighted by molar-refractivity contribution is -0.137. The number of nitrogens with zero attached hydrogens (tertiary/aromatic N) is 3. The topological polar surface area (TPSA) is 118 Å². The van der Waals surface area contributed by atoms with E-state index in [2.05, 4.69) is 26.0 Å². The van der Waals surface area contributed by atoms with Gasteiger partial charge in [0, 0.05) is 36.1 Å². The van der Waals surface area contributed by atoms with Gasteiger partial charge in [-0.15, -0.1) is 0 Å². The Morgan fingerprint density at radius 3 is 2.33 bits per heavy atom. The van der Waals surface area contributed by atoms with Crippen LogP contribution in [-0.2, 0) is 12.7 Å². The predicted octanol–water partition coefficient (Wildman–Crippen LogP) is 6.85. The van der Waals surface area contributed by atoms with Gasteiger partial charge in [-0.05, 0) is 61.2 Å². The second-order valence-electron chi connectivity index (χ2n) is 9.75. The van der Waals surface area contributed by atoms with Gasteiger partial charge in [-0.2, -0.15) is 18.3 Å². The molecule has 3 N–H and O–H groups in total. The molecule has 1 aliphatic carbocycles. The largest absolute Gasteiger partial charge is 0.416 e. The Balaban J connectivity index is 1.50. The summed E-state index contributed by atoms with van der Waals surface area (Å²) in [5, 5.41) is 12.2. The van der Waals surface area contributed by atoms with E-state index in [1.165, 1.54) is 24.5 Å². The van der Waals surface area contributed by atoms with Crippen molar-refractivity contribution in [3.05, 3.63) is 92.5 Å². The van der Waals surface area contributed by atoms with Crippen LogP contribution in [0.4, 0.5) is 29.3 Å². The summed E-state index contributed by atoms with van der Waals surface area (Å²) in [7, 11) is 0. The van der Waals surface area contributed by atoms with Crippen molar-refractivity contribution in [3.63, 3.8) is 0 Å². The number of anilines is 2. The van der Waals surface area contributed by atoms with Crippen molar-refractivity contribution in [2.24, 2.45) is 0 Å². The van der Waals surface area contributed by atoms with Crippen LogP contribution in [0.1, 0.15) is 35.7 Å². The van der Waals surface area contributed by atoms with Crippen LogP contribution >= 0.6 is 23.2 Å². The molecule has 0 radical (unpaired) electrons. The number of carbonyl (C=O) groups excluding carboxylic acids is 2. The highest BCUT2D eigenvalue weighted by molar-refractivity contribution is 6.39. The van der Waals surface area contributed by atoms with Gasteiger partial charge in [-0.3, -0.25) is 14.6 Å². The van der Waals surface area contributed by atoms with Crippen molar-refractivity contribution in [1.82, 2.24) is 20.1 Å². The molecule has 2 aromatic carbocycles. The van der Waals surface area contributed by atoms with Gasteiger partial charge in [0.15, 0.2) is 0 Å². The molecule has 2 heterocycles. The fourth-order valence-electron chi connectivity index (χ4n) is 4.23. The van der Waals surface area contributed by atoms with E-state index in [4.69, 9.17) is 23.2 Å². The third-order valence-corrected chi connectivity index (χ3v) is 7.11. The van der Waals surface area contributed by atoms with Crippen LogP contribution in [0.3, 0.4) is 0 Å². The standard InChI is InChI=1S/C29H23Cl2F3N6O3/c1-2-40-27(42)24(37-28(43)38-25-21(30)13-35-14-22(25)31)12-23(39-40)16-5-3-4-15(8-16)17-9-18(26(41)36-20-6-7-20)11-19(10-17)29(32,33)34/h3-5,8-14,20H,2,6-7H2,1H3,(H,36,41)(H2,35,37,38,43). The van der Waals surface area contributed by atoms with Gasteiger partial charge in [0.1, 0.15) is 5.69 Å². The molecule has 1 saturated carbocycles. The van der Waals surface area contributed by atoms with E-state index in [0.717, 1.165) is 29.7 Å². The monoisotopic (exact) mass is 630 g/mol. The molecule has 14 heteroatoms. The molecule has 5 rings (SSSR count). The third-order valence-electron chi connectivity index (χ3n) is 6.54. The summed E-state index contributed by atoms with van der Waals surface area (Å²) in [6, 6.07) is 10.2. The summed E-state index contributed by atoms with van der Waals surface area (Å²) >= 11 is 12.1. The summed E-state index contributed by atoms with van der Waals surface area (Å²) in [6.45, 7) is 1.85. The van der Waals surface area contributed by atoms with E-state index in [-0.39, 0.29) is 50.8 Å². The summed E-state index contributed by atoms with van der Waals surface area (Å²) in [5.41, 5.74) is -0.406. The van der Waals surface area contributed by atoms with Gasteiger partial charge < -0.3 is 16.0 Å². The molecule has 4 aromatic rings. The van der Waals surface area contributed by atoms with Crippen LogP contribution in [0, 0.1) is 0 Å². The second kappa shape index (κ2) is 12.1. The third kappa shape index (κ3) is 6.98. The van der Waals surface area contributed by atoms with E-state index < -0.39 is 29.2 Å². The second-order valence-corrected chi connectivity index (χ2v) is 10.6. The van der Waals surface area contributed by atoms with E-state index in [1.807, 2.05) is 0 Å². The van der Waals surface area contributed by atoms with Gasteiger partial charge in [0.05, 0.1) is 27.0 Å². The lowest BCUT2D eigenvalue weighted by atomic mass is 9.97. The first-order valence-corrected chi connectivity index (χ1v) is 13.8. The minimum Gasteiger partial charge on any atom is -0.349 e. The predicted molar refractivity (Wildman–Crippen MR) is 157 cm³/mol. The van der Waals surface area contributed by atoms with Crippen LogP contribution in [0.15, 0.2) is 65.7 Å². The molecule has 3 amide bonds. The van der Waals surface area contributed by atoms with Crippen molar-refractivity contribution in [2.45, 2.75) is 38.5 Å². The number of carbonyl (C=O) groups is 2. The number of rotatable bonds is 7. The Hall–Kier alpha value is -4.42. The number of aryl methyl sites for hydroxylation is 1. The highest BCUT2D eigenvalue weighted by Gasteiger charge is 2.32. The van der Waals surface area contributed by atoms with Crippen molar-refractivity contribution < 1.29 is 22.8 Å². The number of hydrogen-bond donors (Lipinski definition) is 3. The molecule has 0 bridgehead atoms. The van der Waals surface area contributed by atoms with Crippen molar-refractivity contribution in [1.29, 1.82) is 0 Å². The molecular weight excluding hydrogens is 608 g/mol. The van der Waals surface area contributed by atoms with Gasteiger partial charge in [0.25, 0.3) is 11.5 Å². The van der Waals surface area contributed by atoms with Crippen LogP contribution < -0.4 is 21.5 Å². The van der Waals surface area contributed by atoms with E-state index in [1.54, 1.807) is 31.2 Å². The van der Waals surface area contributed by atoms with Crippen LogP contribution in [-0.4, -0.2) is 32.7 Å². The molecule has 0 aliphatic heterocycles. The zero-order valence-corrected chi connectivity index (χ0v) is 23.9. The molecule has 43 heavy (non-hydrogen) atoms. The van der Waals surface area contributed by atoms with Gasteiger partial charge in [-0.1, -0.05) is 41.4 Å². The van der Waals surface area contributed by atoms with Crippen LogP contribution in [0.25, 0.3) is 22.4 Å². The highest BCUT2D eigenvalue weighted by Crippen LogP contribution is 2.35. The molecule has 2 aromatic heterocycles.